The molecule has 3 aromatic carbocycles. The van der Waals surface area contributed by atoms with Crippen LogP contribution in [-0.2, 0) is 15.4 Å². The predicted octanol–water partition coefficient (Wildman–Crippen LogP) is 4.50. The van der Waals surface area contributed by atoms with Crippen LogP contribution >= 0.6 is 0 Å². The summed E-state index contributed by atoms with van der Waals surface area (Å²) in [6.07, 6.45) is 2.95. The zero-order valence-electron chi connectivity index (χ0n) is 19.5. The second-order valence-corrected chi connectivity index (χ2v) is 10.2. The highest BCUT2D eigenvalue weighted by atomic mass is 32.2. The van der Waals surface area contributed by atoms with Crippen LogP contribution in [0.1, 0.15) is 35.2 Å². The largest absolute Gasteiger partial charge is 0.493 e. The molecule has 0 unspecified atom stereocenters. The van der Waals surface area contributed by atoms with Crippen molar-refractivity contribution in [2.45, 2.75) is 29.6 Å². The number of para-hydroxylation sites is 1. The Bertz CT molecular complexity index is 1320. The van der Waals surface area contributed by atoms with Gasteiger partial charge in [-0.2, -0.15) is 0 Å². The summed E-state index contributed by atoms with van der Waals surface area (Å²) in [5.41, 5.74) is 0.789. The Kier molecular flexibility index (Phi) is 6.98. The van der Waals surface area contributed by atoms with Gasteiger partial charge in [0.25, 0.3) is 15.9 Å². The number of hydrogen-bond donors (Lipinski definition) is 2. The fraction of sp³-hybridized carbons (Fsp3) is 0.269. The Hall–Kier alpha value is -3.59. The van der Waals surface area contributed by atoms with Crippen LogP contribution in [0.25, 0.3) is 0 Å². The SMILES string of the molecule is COc1cc(S(=O)(=O)Nc2ccccc2F)cc(C(=O)NCC2(c3ccccc3)CCC2)c1OC. The average Bonchev–Trinajstić information content (AvgIpc) is 2.84. The van der Waals surface area contributed by atoms with Gasteiger partial charge in [0.15, 0.2) is 11.5 Å². The highest BCUT2D eigenvalue weighted by molar-refractivity contribution is 7.92. The van der Waals surface area contributed by atoms with E-state index in [1.54, 1.807) is 0 Å². The molecule has 0 aliphatic heterocycles. The van der Waals surface area contributed by atoms with Gasteiger partial charge in [-0.3, -0.25) is 9.52 Å². The molecule has 1 aliphatic carbocycles. The van der Waals surface area contributed by atoms with Crippen molar-refractivity contribution in [2.75, 3.05) is 25.5 Å². The van der Waals surface area contributed by atoms with Gasteiger partial charge in [0.2, 0.25) is 0 Å². The van der Waals surface area contributed by atoms with E-state index in [9.17, 15) is 17.6 Å². The van der Waals surface area contributed by atoms with Crippen molar-refractivity contribution in [2.24, 2.45) is 0 Å². The van der Waals surface area contributed by atoms with Crippen molar-refractivity contribution in [1.82, 2.24) is 5.32 Å². The molecule has 0 spiro atoms. The second-order valence-electron chi connectivity index (χ2n) is 8.47. The molecule has 1 amide bonds. The highest BCUT2D eigenvalue weighted by Crippen LogP contribution is 2.43. The van der Waals surface area contributed by atoms with Crippen molar-refractivity contribution >= 4 is 21.6 Å². The number of hydrogen-bond acceptors (Lipinski definition) is 5. The molecule has 2 N–H and O–H groups in total. The minimum Gasteiger partial charge on any atom is -0.493 e. The Balaban J connectivity index is 1.64. The molecule has 3 aromatic rings. The molecule has 0 saturated heterocycles. The maximum absolute atomic E-state index is 14.1. The summed E-state index contributed by atoms with van der Waals surface area (Å²) < 4.78 is 53.1. The van der Waals surface area contributed by atoms with E-state index >= 15 is 0 Å². The van der Waals surface area contributed by atoms with Crippen molar-refractivity contribution in [3.05, 3.63) is 83.7 Å². The second kappa shape index (κ2) is 9.95. The normalized spacial score (nSPS) is 14.5. The van der Waals surface area contributed by atoms with Crippen molar-refractivity contribution in [3.63, 3.8) is 0 Å². The first-order chi connectivity index (χ1) is 16.8. The Morgan fingerprint density at radius 1 is 1.00 bits per heavy atom. The molecular formula is C26H27FN2O5S. The molecule has 1 fully saturated rings. The molecule has 7 nitrogen and oxygen atoms in total. The minimum atomic E-state index is -4.23. The molecule has 1 aliphatic rings. The zero-order valence-corrected chi connectivity index (χ0v) is 20.3. The van der Waals surface area contributed by atoms with Gasteiger partial charge in [0.1, 0.15) is 5.82 Å². The molecule has 0 radical (unpaired) electrons. The van der Waals surface area contributed by atoms with Crippen LogP contribution in [-0.4, -0.2) is 35.1 Å². The first-order valence-corrected chi connectivity index (χ1v) is 12.6. The van der Waals surface area contributed by atoms with E-state index < -0.39 is 21.7 Å². The van der Waals surface area contributed by atoms with Crippen LogP contribution in [0, 0.1) is 5.82 Å². The maximum Gasteiger partial charge on any atom is 0.262 e. The van der Waals surface area contributed by atoms with E-state index in [1.807, 2.05) is 18.2 Å². The smallest absolute Gasteiger partial charge is 0.262 e. The number of anilines is 1. The first-order valence-electron chi connectivity index (χ1n) is 11.2. The van der Waals surface area contributed by atoms with Crippen LogP contribution < -0.4 is 19.5 Å². The van der Waals surface area contributed by atoms with Gasteiger partial charge in [0.05, 0.1) is 30.4 Å². The van der Waals surface area contributed by atoms with Gasteiger partial charge in [-0.1, -0.05) is 48.9 Å². The minimum absolute atomic E-state index is 0.00305. The van der Waals surface area contributed by atoms with Crippen molar-refractivity contribution in [3.8, 4) is 11.5 Å². The molecule has 0 atom stereocenters. The van der Waals surface area contributed by atoms with Gasteiger partial charge in [-0.15, -0.1) is 0 Å². The Morgan fingerprint density at radius 2 is 1.69 bits per heavy atom. The van der Waals surface area contributed by atoms with E-state index in [1.165, 1.54) is 44.6 Å². The van der Waals surface area contributed by atoms with Crippen LogP contribution in [0.15, 0.2) is 71.6 Å². The quantitative estimate of drug-likeness (QED) is 0.453. The molecule has 0 aromatic heterocycles. The number of methoxy groups -OCH3 is 2. The van der Waals surface area contributed by atoms with Crippen LogP contribution in [0.5, 0.6) is 11.5 Å². The van der Waals surface area contributed by atoms with Gasteiger partial charge in [-0.05, 0) is 36.6 Å². The fourth-order valence-electron chi connectivity index (χ4n) is 4.32. The van der Waals surface area contributed by atoms with E-state index in [2.05, 4.69) is 22.2 Å². The lowest BCUT2D eigenvalue weighted by molar-refractivity contribution is 0.0924. The third kappa shape index (κ3) is 4.95. The van der Waals surface area contributed by atoms with Crippen molar-refractivity contribution in [1.29, 1.82) is 0 Å². The molecule has 0 heterocycles. The van der Waals surface area contributed by atoms with Crippen molar-refractivity contribution < 1.29 is 27.1 Å². The lowest BCUT2D eigenvalue weighted by Crippen LogP contribution is -2.45. The zero-order chi connectivity index (χ0) is 25.1. The van der Waals surface area contributed by atoms with Gasteiger partial charge < -0.3 is 14.8 Å². The number of sulfonamides is 1. The molecule has 1 saturated carbocycles. The summed E-state index contributed by atoms with van der Waals surface area (Å²) in [4.78, 5) is 13.0. The number of nitrogens with one attached hydrogen (secondary N) is 2. The van der Waals surface area contributed by atoms with Gasteiger partial charge >= 0.3 is 0 Å². The molecule has 35 heavy (non-hydrogen) atoms. The van der Waals surface area contributed by atoms with E-state index in [4.69, 9.17) is 9.47 Å². The van der Waals surface area contributed by atoms with Gasteiger partial charge in [-0.25, -0.2) is 12.8 Å². The number of amides is 1. The molecule has 184 valence electrons. The topological polar surface area (TPSA) is 93.7 Å². The number of halogens is 1. The van der Waals surface area contributed by atoms with E-state index in [0.717, 1.165) is 30.9 Å². The van der Waals surface area contributed by atoms with Crippen LogP contribution in [0.2, 0.25) is 0 Å². The van der Waals surface area contributed by atoms with E-state index in [-0.39, 0.29) is 33.1 Å². The van der Waals surface area contributed by atoms with Crippen LogP contribution in [0.3, 0.4) is 0 Å². The molecule has 4 rings (SSSR count). The highest BCUT2D eigenvalue weighted by Gasteiger charge is 2.39. The first kappa shape index (κ1) is 24.5. The van der Waals surface area contributed by atoms with E-state index in [0.29, 0.717) is 6.54 Å². The standard InChI is InChI=1S/C26H27FN2O5S/c1-33-23-16-19(35(31,32)29-22-12-7-6-11-21(22)27)15-20(24(23)34-2)25(30)28-17-26(13-8-14-26)18-9-4-3-5-10-18/h3-7,9-12,15-16,29H,8,13-14,17H2,1-2H3,(H,28,30). The Labute approximate surface area is 204 Å². The monoisotopic (exact) mass is 498 g/mol. The summed E-state index contributed by atoms with van der Waals surface area (Å²) in [6, 6.07) is 17.9. The molecule has 0 bridgehead atoms. The summed E-state index contributed by atoms with van der Waals surface area (Å²) in [7, 11) is -1.52. The fourth-order valence-corrected chi connectivity index (χ4v) is 5.43. The third-order valence-electron chi connectivity index (χ3n) is 6.41. The van der Waals surface area contributed by atoms with Gasteiger partial charge in [0, 0.05) is 18.0 Å². The number of benzene rings is 3. The number of rotatable bonds is 9. The number of ether oxygens (including phenoxy) is 2. The third-order valence-corrected chi connectivity index (χ3v) is 7.75. The summed E-state index contributed by atoms with van der Waals surface area (Å²) in [5, 5.41) is 2.95. The summed E-state index contributed by atoms with van der Waals surface area (Å²) >= 11 is 0. The summed E-state index contributed by atoms with van der Waals surface area (Å²) in [6.45, 7) is 0.395. The summed E-state index contributed by atoms with van der Waals surface area (Å²) in [5.74, 6) is -1.04. The maximum atomic E-state index is 14.1. The lowest BCUT2D eigenvalue weighted by Gasteiger charge is -2.42. The lowest BCUT2D eigenvalue weighted by atomic mass is 9.64. The number of carbonyl (C=O) groups is 1. The van der Waals surface area contributed by atoms with Crippen LogP contribution in [0.4, 0.5) is 10.1 Å². The molecular weight excluding hydrogens is 471 g/mol. The number of carbonyl (C=O) groups excluding carboxylic acids is 1. The molecule has 9 heteroatoms. The average molecular weight is 499 g/mol. The Morgan fingerprint density at radius 3 is 2.29 bits per heavy atom. The predicted molar refractivity (Wildman–Crippen MR) is 131 cm³/mol.